The van der Waals surface area contributed by atoms with Gasteiger partial charge in [0.15, 0.2) is 4.34 Å². The van der Waals surface area contributed by atoms with Crippen molar-refractivity contribution in [3.8, 4) is 0 Å². The summed E-state index contributed by atoms with van der Waals surface area (Å²) in [4.78, 5) is 29.8. The second-order valence-electron chi connectivity index (χ2n) is 5.01. The summed E-state index contributed by atoms with van der Waals surface area (Å²) < 4.78 is 6.94. The van der Waals surface area contributed by atoms with Crippen molar-refractivity contribution >= 4 is 68.6 Å². The minimum absolute atomic E-state index is 0.0113. The summed E-state index contributed by atoms with van der Waals surface area (Å²) >= 11 is 10.5. The molecular formula is C16H15ClN2O3S3. The number of carbonyl (C=O) groups is 2. The first kappa shape index (κ1) is 18.6. The molecule has 1 saturated heterocycles. The third-order valence-electron chi connectivity index (χ3n) is 3.31. The monoisotopic (exact) mass is 414 g/mol. The molecule has 132 valence electrons. The molecule has 1 fully saturated rings. The van der Waals surface area contributed by atoms with Crippen LogP contribution < -0.4 is 0 Å². The molecule has 9 heteroatoms. The fraction of sp³-hybridized carbons (Fsp3) is 0.312. The maximum atomic E-state index is 12.0. The zero-order valence-electron chi connectivity index (χ0n) is 13.4. The molecule has 2 aromatic rings. The van der Waals surface area contributed by atoms with Crippen LogP contribution in [0.4, 0.5) is 0 Å². The molecule has 0 radical (unpaired) electrons. The standard InChI is InChI=1S/C16H15ClN2O3S3/c1-2-22-15(21)8-14-19(13(20)9-24-14)5-6-23-16-18-11-7-10(17)3-4-12(11)25-16/h3-4,7-8H,2,5-6,9H2,1H3/b14-8-. The Morgan fingerprint density at radius 3 is 3.16 bits per heavy atom. The van der Waals surface area contributed by atoms with Crippen LogP contribution in [-0.2, 0) is 14.3 Å². The molecule has 0 unspecified atom stereocenters. The number of rotatable bonds is 6. The van der Waals surface area contributed by atoms with Gasteiger partial charge in [-0.05, 0) is 25.1 Å². The van der Waals surface area contributed by atoms with Gasteiger partial charge in [-0.2, -0.15) is 0 Å². The van der Waals surface area contributed by atoms with Crippen LogP contribution in [0.25, 0.3) is 10.2 Å². The first-order valence-electron chi connectivity index (χ1n) is 7.57. The average molecular weight is 415 g/mol. The number of benzene rings is 1. The summed E-state index contributed by atoms with van der Waals surface area (Å²) in [7, 11) is 0. The molecule has 1 aliphatic heterocycles. The van der Waals surface area contributed by atoms with Crippen molar-refractivity contribution in [1.82, 2.24) is 9.88 Å². The fourth-order valence-corrected chi connectivity index (χ4v) is 5.38. The number of amides is 1. The second-order valence-corrected chi connectivity index (χ2v) is 8.81. The molecule has 0 saturated carbocycles. The van der Waals surface area contributed by atoms with Gasteiger partial charge in [0.05, 0.1) is 33.7 Å². The predicted octanol–water partition coefficient (Wildman–Crippen LogP) is 4.02. The Balaban J connectivity index is 1.61. The van der Waals surface area contributed by atoms with Crippen molar-refractivity contribution in [2.75, 3.05) is 24.7 Å². The van der Waals surface area contributed by atoms with E-state index in [1.807, 2.05) is 18.2 Å². The van der Waals surface area contributed by atoms with Gasteiger partial charge in [-0.25, -0.2) is 9.78 Å². The van der Waals surface area contributed by atoms with E-state index in [1.165, 1.54) is 17.8 Å². The fourth-order valence-electron chi connectivity index (χ4n) is 2.22. The lowest BCUT2D eigenvalue weighted by Crippen LogP contribution is -2.27. The Morgan fingerprint density at radius 1 is 1.52 bits per heavy atom. The Hall–Kier alpha value is -1.22. The molecule has 0 N–H and O–H groups in total. The normalized spacial score (nSPS) is 16.2. The summed E-state index contributed by atoms with van der Waals surface area (Å²) in [6.07, 6.45) is 1.39. The van der Waals surface area contributed by atoms with Gasteiger partial charge < -0.3 is 9.64 Å². The first-order valence-corrected chi connectivity index (χ1v) is 10.7. The van der Waals surface area contributed by atoms with Crippen LogP contribution in [-0.4, -0.2) is 46.4 Å². The molecule has 2 heterocycles. The molecule has 25 heavy (non-hydrogen) atoms. The van der Waals surface area contributed by atoms with Crippen LogP contribution in [0, 0.1) is 0 Å². The number of thiazole rings is 1. The number of hydrogen-bond acceptors (Lipinski definition) is 7. The molecule has 1 aliphatic rings. The van der Waals surface area contributed by atoms with Gasteiger partial charge in [0.2, 0.25) is 5.91 Å². The molecular weight excluding hydrogens is 400 g/mol. The summed E-state index contributed by atoms with van der Waals surface area (Å²) in [5.41, 5.74) is 0.885. The summed E-state index contributed by atoms with van der Waals surface area (Å²) in [6.45, 7) is 2.60. The van der Waals surface area contributed by atoms with Crippen molar-refractivity contribution in [2.24, 2.45) is 0 Å². The Bertz CT molecular complexity index is 837. The highest BCUT2D eigenvalue weighted by molar-refractivity contribution is 8.04. The zero-order chi connectivity index (χ0) is 17.8. The van der Waals surface area contributed by atoms with Gasteiger partial charge in [0.1, 0.15) is 0 Å². The number of aromatic nitrogens is 1. The van der Waals surface area contributed by atoms with Crippen molar-refractivity contribution in [2.45, 2.75) is 11.3 Å². The van der Waals surface area contributed by atoms with Crippen molar-refractivity contribution in [3.05, 3.63) is 34.3 Å². The lowest BCUT2D eigenvalue weighted by atomic mass is 10.3. The van der Waals surface area contributed by atoms with E-state index in [2.05, 4.69) is 4.98 Å². The van der Waals surface area contributed by atoms with Crippen LogP contribution in [0.3, 0.4) is 0 Å². The quantitative estimate of drug-likeness (QED) is 0.404. The van der Waals surface area contributed by atoms with Gasteiger partial charge in [-0.15, -0.1) is 11.3 Å². The minimum Gasteiger partial charge on any atom is -0.463 e. The molecule has 0 atom stereocenters. The molecule has 3 rings (SSSR count). The van der Waals surface area contributed by atoms with Gasteiger partial charge in [0.25, 0.3) is 0 Å². The number of halogens is 1. The third kappa shape index (κ3) is 4.69. The van der Waals surface area contributed by atoms with E-state index in [4.69, 9.17) is 16.3 Å². The van der Waals surface area contributed by atoms with E-state index in [-0.39, 0.29) is 5.91 Å². The van der Waals surface area contributed by atoms with E-state index in [9.17, 15) is 9.59 Å². The average Bonchev–Trinajstić information content (AvgIpc) is 3.12. The molecule has 1 amide bonds. The lowest BCUT2D eigenvalue weighted by Gasteiger charge is -2.16. The van der Waals surface area contributed by atoms with E-state index in [1.54, 1.807) is 34.9 Å². The second kappa shape index (κ2) is 8.44. The molecule has 1 aromatic heterocycles. The number of hydrogen-bond donors (Lipinski definition) is 0. The van der Waals surface area contributed by atoms with Crippen molar-refractivity contribution in [1.29, 1.82) is 0 Å². The van der Waals surface area contributed by atoms with E-state index >= 15 is 0 Å². The number of thioether (sulfide) groups is 2. The number of carbonyl (C=O) groups excluding carboxylic acids is 2. The van der Waals surface area contributed by atoms with E-state index in [0.717, 1.165) is 14.6 Å². The van der Waals surface area contributed by atoms with Gasteiger partial charge >= 0.3 is 5.97 Å². The number of ether oxygens (including phenoxy) is 1. The summed E-state index contributed by atoms with van der Waals surface area (Å²) in [5, 5.41) is 1.32. The van der Waals surface area contributed by atoms with Gasteiger partial charge in [-0.3, -0.25) is 4.79 Å². The highest BCUT2D eigenvalue weighted by Gasteiger charge is 2.27. The maximum Gasteiger partial charge on any atom is 0.333 e. The Morgan fingerprint density at radius 2 is 2.36 bits per heavy atom. The molecule has 0 aliphatic carbocycles. The topological polar surface area (TPSA) is 59.5 Å². The maximum absolute atomic E-state index is 12.0. The highest BCUT2D eigenvalue weighted by atomic mass is 35.5. The molecule has 0 spiro atoms. The van der Waals surface area contributed by atoms with Crippen LogP contribution in [0.2, 0.25) is 5.02 Å². The highest BCUT2D eigenvalue weighted by Crippen LogP contribution is 2.33. The summed E-state index contributed by atoms with van der Waals surface area (Å²) in [6, 6.07) is 5.65. The SMILES string of the molecule is CCOC(=O)/C=C1\SCC(=O)N1CCSc1nc2cc(Cl)ccc2s1. The van der Waals surface area contributed by atoms with Crippen LogP contribution in [0.1, 0.15) is 6.92 Å². The van der Waals surface area contributed by atoms with Gasteiger partial charge in [0, 0.05) is 17.3 Å². The number of fused-ring (bicyclic) bond motifs is 1. The predicted molar refractivity (Wildman–Crippen MR) is 104 cm³/mol. The largest absolute Gasteiger partial charge is 0.463 e. The first-order chi connectivity index (χ1) is 12.1. The summed E-state index contributed by atoms with van der Waals surface area (Å²) in [5.74, 6) is 0.646. The van der Waals surface area contributed by atoms with Crippen LogP contribution in [0.15, 0.2) is 33.6 Å². The third-order valence-corrected chi connectivity index (χ3v) is 6.73. The molecule has 0 bridgehead atoms. The number of esters is 1. The Labute approximate surface area is 162 Å². The zero-order valence-corrected chi connectivity index (χ0v) is 16.6. The smallest absolute Gasteiger partial charge is 0.333 e. The number of nitrogens with zero attached hydrogens (tertiary/aromatic N) is 2. The van der Waals surface area contributed by atoms with Crippen LogP contribution in [0.5, 0.6) is 0 Å². The van der Waals surface area contributed by atoms with Crippen molar-refractivity contribution < 1.29 is 14.3 Å². The van der Waals surface area contributed by atoms with E-state index in [0.29, 0.717) is 34.7 Å². The molecule has 5 nitrogen and oxygen atoms in total. The van der Waals surface area contributed by atoms with Crippen molar-refractivity contribution in [3.63, 3.8) is 0 Å². The van der Waals surface area contributed by atoms with Gasteiger partial charge in [-0.1, -0.05) is 35.1 Å². The van der Waals surface area contributed by atoms with Crippen LogP contribution >= 0.6 is 46.5 Å². The minimum atomic E-state index is -0.416. The lowest BCUT2D eigenvalue weighted by molar-refractivity contribution is -0.137. The Kier molecular flexibility index (Phi) is 6.27. The molecule has 1 aromatic carbocycles. The van der Waals surface area contributed by atoms with E-state index < -0.39 is 5.97 Å².